The molecule has 4 rings (SSSR count). The van der Waals surface area contributed by atoms with Crippen LogP contribution in [0, 0.1) is 11.3 Å². The number of rotatable bonds is 5. The van der Waals surface area contributed by atoms with E-state index < -0.39 is 0 Å². The lowest BCUT2D eigenvalue weighted by atomic mass is 9.73. The van der Waals surface area contributed by atoms with Crippen molar-refractivity contribution in [3.8, 4) is 0 Å². The molecule has 24 heavy (non-hydrogen) atoms. The number of amides is 1. The number of hydrogen-bond acceptors (Lipinski definition) is 5. The summed E-state index contributed by atoms with van der Waals surface area (Å²) in [6.45, 7) is 3.83. The number of ether oxygens (including phenoxy) is 2. The van der Waals surface area contributed by atoms with Gasteiger partial charge in [-0.2, -0.15) is 10.2 Å². The first-order chi connectivity index (χ1) is 11.8. The largest absolute Gasteiger partial charge is 0.380 e. The molecule has 1 saturated carbocycles. The zero-order valence-corrected chi connectivity index (χ0v) is 14.0. The summed E-state index contributed by atoms with van der Waals surface area (Å²) in [6, 6.07) is 1.73. The lowest BCUT2D eigenvalue weighted by Gasteiger charge is -2.50. The van der Waals surface area contributed by atoms with Gasteiger partial charge in [0.2, 0.25) is 0 Å². The highest BCUT2D eigenvalue weighted by atomic mass is 16.5. The number of carbonyl (C=O) groups is 1. The van der Waals surface area contributed by atoms with Crippen LogP contribution in [0.25, 0.3) is 0 Å². The van der Waals surface area contributed by atoms with Crippen LogP contribution < -0.4 is 0 Å². The van der Waals surface area contributed by atoms with E-state index in [9.17, 15) is 4.79 Å². The van der Waals surface area contributed by atoms with E-state index in [0.29, 0.717) is 18.7 Å². The van der Waals surface area contributed by atoms with Gasteiger partial charge in [0.15, 0.2) is 0 Å². The number of carbonyl (C=O) groups excluding carboxylic acids is 1. The van der Waals surface area contributed by atoms with Crippen LogP contribution in [0.3, 0.4) is 0 Å². The third-order valence-corrected chi connectivity index (χ3v) is 5.55. The van der Waals surface area contributed by atoms with Crippen molar-refractivity contribution in [1.29, 1.82) is 0 Å². The Morgan fingerprint density at radius 2 is 2.29 bits per heavy atom. The molecule has 0 spiro atoms. The summed E-state index contributed by atoms with van der Waals surface area (Å²) in [7, 11) is 0. The van der Waals surface area contributed by atoms with Crippen LogP contribution >= 0.6 is 0 Å². The van der Waals surface area contributed by atoms with Crippen molar-refractivity contribution in [3.63, 3.8) is 0 Å². The zero-order valence-electron chi connectivity index (χ0n) is 14.0. The van der Waals surface area contributed by atoms with E-state index in [4.69, 9.17) is 9.47 Å². The summed E-state index contributed by atoms with van der Waals surface area (Å²) < 4.78 is 12.1. The number of fused-ring (bicyclic) bond motifs is 1. The van der Waals surface area contributed by atoms with E-state index >= 15 is 0 Å². The summed E-state index contributed by atoms with van der Waals surface area (Å²) >= 11 is 0. The van der Waals surface area contributed by atoms with Gasteiger partial charge in [-0.15, -0.1) is 0 Å². The van der Waals surface area contributed by atoms with Crippen molar-refractivity contribution in [2.75, 3.05) is 32.9 Å². The smallest absolute Gasteiger partial charge is 0.255 e. The van der Waals surface area contributed by atoms with Crippen molar-refractivity contribution in [3.05, 3.63) is 24.0 Å². The molecule has 130 valence electrons. The quantitative estimate of drug-likeness (QED) is 0.825. The van der Waals surface area contributed by atoms with Crippen molar-refractivity contribution in [1.82, 2.24) is 15.1 Å². The Hall–Kier alpha value is -1.53. The fourth-order valence-electron chi connectivity index (χ4n) is 3.99. The number of aromatic nitrogens is 2. The molecule has 0 unspecified atom stereocenters. The highest BCUT2D eigenvalue weighted by molar-refractivity contribution is 5.93. The topological polar surface area (TPSA) is 64.6 Å². The van der Waals surface area contributed by atoms with Crippen LogP contribution in [-0.2, 0) is 9.47 Å². The van der Waals surface area contributed by atoms with Gasteiger partial charge < -0.3 is 14.4 Å². The second-order valence-electron chi connectivity index (χ2n) is 7.43. The minimum absolute atomic E-state index is 0.0375. The van der Waals surface area contributed by atoms with E-state index in [1.54, 1.807) is 18.5 Å². The maximum atomic E-state index is 12.8. The standard InChI is InChI=1S/C18H25N3O3/c22-17(15-4-7-19-20-10-15)21-8-5-16-18(12-21,6-1-9-24-16)13-23-11-14-2-3-14/h4,7,10,14,16H,1-3,5-6,8-9,11-13H2/t16-,18-/m1/s1. The summed E-state index contributed by atoms with van der Waals surface area (Å²) in [5.41, 5.74) is 0.552. The molecule has 0 aromatic carbocycles. The molecule has 3 fully saturated rings. The molecule has 2 atom stereocenters. The first-order valence-electron chi connectivity index (χ1n) is 9.02. The molecular weight excluding hydrogens is 306 g/mol. The van der Waals surface area contributed by atoms with Gasteiger partial charge in [0.05, 0.1) is 30.7 Å². The van der Waals surface area contributed by atoms with E-state index in [1.165, 1.54) is 12.8 Å². The third kappa shape index (κ3) is 3.30. The molecule has 0 N–H and O–H groups in total. The predicted octanol–water partition coefficient (Wildman–Crippen LogP) is 1.91. The van der Waals surface area contributed by atoms with Crippen molar-refractivity contribution < 1.29 is 14.3 Å². The molecule has 3 heterocycles. The van der Waals surface area contributed by atoms with Crippen LogP contribution in [0.4, 0.5) is 0 Å². The van der Waals surface area contributed by atoms with Crippen molar-refractivity contribution in [2.24, 2.45) is 11.3 Å². The number of hydrogen-bond donors (Lipinski definition) is 0. The van der Waals surface area contributed by atoms with Crippen LogP contribution in [0.5, 0.6) is 0 Å². The Balaban J connectivity index is 1.46. The molecule has 1 aromatic rings. The Morgan fingerprint density at radius 1 is 1.38 bits per heavy atom. The predicted molar refractivity (Wildman–Crippen MR) is 87.5 cm³/mol. The molecular formula is C18H25N3O3. The molecule has 1 amide bonds. The molecule has 2 aliphatic heterocycles. The van der Waals surface area contributed by atoms with E-state index in [-0.39, 0.29) is 17.4 Å². The monoisotopic (exact) mass is 331 g/mol. The summed E-state index contributed by atoms with van der Waals surface area (Å²) in [4.78, 5) is 14.7. The minimum atomic E-state index is -0.0541. The van der Waals surface area contributed by atoms with Crippen LogP contribution in [0.15, 0.2) is 18.5 Å². The molecule has 2 saturated heterocycles. The molecule has 0 bridgehead atoms. The van der Waals surface area contributed by atoms with Gasteiger partial charge in [0.25, 0.3) is 5.91 Å². The maximum Gasteiger partial charge on any atom is 0.255 e. The van der Waals surface area contributed by atoms with Gasteiger partial charge in [-0.1, -0.05) is 0 Å². The van der Waals surface area contributed by atoms with Gasteiger partial charge in [0, 0.05) is 31.7 Å². The Kier molecular flexibility index (Phi) is 4.50. The Morgan fingerprint density at radius 3 is 3.08 bits per heavy atom. The second kappa shape index (κ2) is 6.76. The lowest BCUT2D eigenvalue weighted by Crippen LogP contribution is -2.58. The summed E-state index contributed by atoms with van der Waals surface area (Å²) in [5.74, 6) is 0.795. The van der Waals surface area contributed by atoms with Gasteiger partial charge in [-0.05, 0) is 44.1 Å². The molecule has 1 aliphatic carbocycles. The highest BCUT2D eigenvalue weighted by Crippen LogP contribution is 2.41. The summed E-state index contributed by atoms with van der Waals surface area (Å²) in [6.07, 6.45) is 8.92. The lowest BCUT2D eigenvalue weighted by molar-refractivity contribution is -0.147. The summed E-state index contributed by atoms with van der Waals surface area (Å²) in [5, 5.41) is 7.58. The molecule has 1 aromatic heterocycles. The molecule has 6 nitrogen and oxygen atoms in total. The van der Waals surface area contributed by atoms with Gasteiger partial charge in [0.1, 0.15) is 0 Å². The minimum Gasteiger partial charge on any atom is -0.380 e. The Bertz CT molecular complexity index is 578. The second-order valence-corrected chi connectivity index (χ2v) is 7.43. The van der Waals surface area contributed by atoms with Crippen LogP contribution in [0.2, 0.25) is 0 Å². The van der Waals surface area contributed by atoms with E-state index in [1.807, 2.05) is 4.90 Å². The number of nitrogens with zero attached hydrogens (tertiary/aromatic N) is 3. The van der Waals surface area contributed by atoms with Crippen molar-refractivity contribution >= 4 is 5.91 Å². The van der Waals surface area contributed by atoms with Crippen molar-refractivity contribution in [2.45, 2.75) is 38.2 Å². The Labute approximate surface area is 142 Å². The number of likely N-dealkylation sites (tertiary alicyclic amines) is 1. The maximum absolute atomic E-state index is 12.8. The van der Waals surface area contributed by atoms with Gasteiger partial charge in [-0.25, -0.2) is 0 Å². The normalized spacial score (nSPS) is 30.0. The fraction of sp³-hybridized carbons (Fsp3) is 0.722. The average Bonchev–Trinajstić information content (AvgIpc) is 3.45. The highest BCUT2D eigenvalue weighted by Gasteiger charge is 2.47. The van der Waals surface area contributed by atoms with E-state index in [2.05, 4.69) is 10.2 Å². The molecule has 0 radical (unpaired) electrons. The van der Waals surface area contributed by atoms with Gasteiger partial charge in [-0.3, -0.25) is 4.79 Å². The zero-order chi connectivity index (χ0) is 16.4. The molecule has 6 heteroatoms. The average molecular weight is 331 g/mol. The first kappa shape index (κ1) is 16.0. The number of piperidine rings is 1. The molecule has 3 aliphatic rings. The SMILES string of the molecule is O=C(c1ccnnc1)N1CC[C@H]2OCCC[C@]2(COCC2CC2)C1. The third-order valence-electron chi connectivity index (χ3n) is 5.55. The first-order valence-corrected chi connectivity index (χ1v) is 9.02. The van der Waals surface area contributed by atoms with Crippen LogP contribution in [0.1, 0.15) is 42.5 Å². The fourth-order valence-corrected chi connectivity index (χ4v) is 3.99. The van der Waals surface area contributed by atoms with Crippen LogP contribution in [-0.4, -0.2) is 60.0 Å². The van der Waals surface area contributed by atoms with E-state index in [0.717, 1.165) is 44.9 Å². The van der Waals surface area contributed by atoms with Gasteiger partial charge >= 0.3 is 0 Å².